The summed E-state index contributed by atoms with van der Waals surface area (Å²) >= 11 is 0. The number of para-hydroxylation sites is 1. The van der Waals surface area contributed by atoms with Crippen LogP contribution in [0.1, 0.15) is 25.0 Å². The van der Waals surface area contributed by atoms with E-state index in [4.69, 9.17) is 9.97 Å². The number of hydrogen-bond donors (Lipinski definition) is 0. The molecule has 0 bridgehead atoms. The molecule has 8 aromatic carbocycles. The average Bonchev–Trinajstić information content (AvgIpc) is 3.67. The summed E-state index contributed by atoms with van der Waals surface area (Å²) < 4.78 is 2.43. The van der Waals surface area contributed by atoms with Gasteiger partial charge in [0.2, 0.25) is 0 Å². The Bertz CT molecular complexity index is 3130. The molecule has 0 saturated heterocycles. The number of hydrogen-bond acceptors (Lipinski definition) is 2. The van der Waals surface area contributed by atoms with E-state index in [1.807, 2.05) is 0 Å². The van der Waals surface area contributed by atoms with E-state index in [9.17, 15) is 0 Å². The van der Waals surface area contributed by atoms with Gasteiger partial charge in [0.25, 0.3) is 0 Å². The minimum absolute atomic E-state index is 0.106. The second-order valence-electron chi connectivity index (χ2n) is 15.0. The number of benzene rings is 8. The summed E-state index contributed by atoms with van der Waals surface area (Å²) in [5.41, 5.74) is 13.7. The van der Waals surface area contributed by atoms with Crippen molar-refractivity contribution in [3.8, 4) is 50.7 Å². The normalized spacial score (nSPS) is 13.1. The highest BCUT2D eigenvalue weighted by Crippen LogP contribution is 2.49. The van der Waals surface area contributed by atoms with Gasteiger partial charge in [-0.2, -0.15) is 0 Å². The third-order valence-electron chi connectivity index (χ3n) is 11.6. The lowest BCUT2D eigenvalue weighted by Gasteiger charge is -2.22. The molecule has 0 N–H and O–H groups in total. The van der Waals surface area contributed by atoms with Crippen molar-refractivity contribution in [1.82, 2.24) is 14.5 Å². The predicted octanol–water partition coefficient (Wildman–Crippen LogP) is 13.2. The first kappa shape index (κ1) is 30.8. The molecule has 0 aliphatic heterocycles. The molecule has 0 atom stereocenters. The second-order valence-corrected chi connectivity index (χ2v) is 15.0. The van der Waals surface area contributed by atoms with E-state index in [0.717, 1.165) is 44.5 Å². The highest BCUT2D eigenvalue weighted by molar-refractivity contribution is 6.15. The van der Waals surface area contributed by atoms with E-state index in [0.29, 0.717) is 5.82 Å². The van der Waals surface area contributed by atoms with Gasteiger partial charge in [-0.3, -0.25) is 0 Å². The van der Waals surface area contributed by atoms with Gasteiger partial charge in [0.1, 0.15) is 0 Å². The first-order valence-electron chi connectivity index (χ1n) is 18.7. The molecule has 0 saturated carbocycles. The van der Waals surface area contributed by atoms with Crippen molar-refractivity contribution in [3.63, 3.8) is 0 Å². The summed E-state index contributed by atoms with van der Waals surface area (Å²) in [6, 6.07) is 63.5. The smallest absolute Gasteiger partial charge is 0.161 e. The third-order valence-corrected chi connectivity index (χ3v) is 11.6. The summed E-state index contributed by atoms with van der Waals surface area (Å²) in [4.78, 5) is 10.7. The van der Waals surface area contributed by atoms with Crippen molar-refractivity contribution in [3.05, 3.63) is 187 Å². The molecular weight excluding hydrogens is 655 g/mol. The summed E-state index contributed by atoms with van der Waals surface area (Å²) in [5.74, 6) is 0.713. The van der Waals surface area contributed by atoms with Crippen LogP contribution in [-0.2, 0) is 5.41 Å². The molecule has 11 rings (SSSR count). The molecule has 54 heavy (non-hydrogen) atoms. The van der Waals surface area contributed by atoms with Crippen LogP contribution in [0.3, 0.4) is 0 Å². The van der Waals surface area contributed by atoms with Gasteiger partial charge < -0.3 is 4.57 Å². The molecule has 10 aromatic rings. The fraction of sp³-hybridized carbons (Fsp3) is 0.0588. The van der Waals surface area contributed by atoms with Crippen molar-refractivity contribution in [2.24, 2.45) is 0 Å². The maximum atomic E-state index is 5.38. The van der Waals surface area contributed by atoms with Gasteiger partial charge in [0.05, 0.1) is 28.1 Å². The highest BCUT2D eigenvalue weighted by atomic mass is 15.0. The fourth-order valence-electron chi connectivity index (χ4n) is 8.92. The Hall–Kier alpha value is -6.84. The minimum Gasteiger partial charge on any atom is -0.309 e. The summed E-state index contributed by atoms with van der Waals surface area (Å²) in [5, 5.41) is 7.24. The molecule has 254 valence electrons. The van der Waals surface area contributed by atoms with Crippen LogP contribution in [0.4, 0.5) is 0 Å². The third kappa shape index (κ3) is 4.55. The van der Waals surface area contributed by atoms with Crippen LogP contribution >= 0.6 is 0 Å². The van der Waals surface area contributed by atoms with Crippen LogP contribution in [-0.4, -0.2) is 14.5 Å². The summed E-state index contributed by atoms with van der Waals surface area (Å²) in [6.45, 7) is 4.66. The first-order valence-corrected chi connectivity index (χ1v) is 18.7. The van der Waals surface area contributed by atoms with Crippen LogP contribution in [0.2, 0.25) is 0 Å². The van der Waals surface area contributed by atoms with E-state index < -0.39 is 0 Å². The van der Waals surface area contributed by atoms with Gasteiger partial charge in [-0.25, -0.2) is 9.97 Å². The van der Waals surface area contributed by atoms with E-state index in [1.165, 1.54) is 54.8 Å². The van der Waals surface area contributed by atoms with Crippen LogP contribution < -0.4 is 0 Å². The molecule has 0 amide bonds. The first-order chi connectivity index (χ1) is 26.5. The van der Waals surface area contributed by atoms with Gasteiger partial charge in [-0.1, -0.05) is 147 Å². The molecule has 0 radical (unpaired) electrons. The number of nitrogens with zero attached hydrogens (tertiary/aromatic N) is 3. The van der Waals surface area contributed by atoms with E-state index in [-0.39, 0.29) is 5.41 Å². The van der Waals surface area contributed by atoms with E-state index >= 15 is 0 Å². The van der Waals surface area contributed by atoms with Gasteiger partial charge in [-0.15, -0.1) is 0 Å². The van der Waals surface area contributed by atoms with Crippen molar-refractivity contribution in [2.75, 3.05) is 0 Å². The molecule has 3 nitrogen and oxygen atoms in total. The molecular formula is C51H35N3. The largest absolute Gasteiger partial charge is 0.309 e. The highest BCUT2D eigenvalue weighted by Gasteiger charge is 2.35. The standard InChI is InChI=1S/C51H35N3/c1-51(2)43-22-12-10-19-37(43)38-25-24-35(29-44(38)51)46-31-45(32-14-4-3-5-15-32)52-50(53-46)41-26-27-48(39-20-9-8-18-36(39)41)54-47-23-13-11-21-40(47)42-28-33-16-6-7-17-34(33)30-49(42)54/h3-31H,1-2H3. The number of aromatic nitrogens is 3. The maximum Gasteiger partial charge on any atom is 0.161 e. The molecule has 0 fully saturated rings. The van der Waals surface area contributed by atoms with Crippen LogP contribution in [0, 0.1) is 0 Å². The molecule has 1 aliphatic carbocycles. The van der Waals surface area contributed by atoms with Crippen molar-refractivity contribution >= 4 is 43.4 Å². The maximum absolute atomic E-state index is 5.38. The van der Waals surface area contributed by atoms with Crippen LogP contribution in [0.25, 0.3) is 94.1 Å². The van der Waals surface area contributed by atoms with Crippen LogP contribution in [0.15, 0.2) is 176 Å². The average molecular weight is 690 g/mol. The summed E-state index contributed by atoms with van der Waals surface area (Å²) in [7, 11) is 0. The zero-order valence-corrected chi connectivity index (χ0v) is 30.1. The Morgan fingerprint density at radius 2 is 1.04 bits per heavy atom. The molecule has 0 spiro atoms. The molecule has 0 unspecified atom stereocenters. The van der Waals surface area contributed by atoms with Gasteiger partial charge in [0, 0.05) is 38.3 Å². The number of rotatable bonds is 4. The Labute approximate surface area is 313 Å². The minimum atomic E-state index is -0.106. The van der Waals surface area contributed by atoms with Crippen molar-refractivity contribution in [1.29, 1.82) is 0 Å². The molecule has 3 heteroatoms. The zero-order chi connectivity index (χ0) is 36.0. The van der Waals surface area contributed by atoms with E-state index in [1.54, 1.807) is 0 Å². The topological polar surface area (TPSA) is 30.7 Å². The number of fused-ring (bicyclic) bond motifs is 8. The fourth-order valence-corrected chi connectivity index (χ4v) is 8.92. The Morgan fingerprint density at radius 3 is 1.87 bits per heavy atom. The zero-order valence-electron chi connectivity index (χ0n) is 30.1. The lowest BCUT2D eigenvalue weighted by atomic mass is 9.82. The van der Waals surface area contributed by atoms with Crippen molar-refractivity contribution in [2.45, 2.75) is 19.3 Å². The molecule has 2 heterocycles. The SMILES string of the molecule is CC1(C)c2ccccc2-c2ccc(-c3cc(-c4ccccc4)nc(-c4ccc(-n5c6ccccc6c6cc7ccccc7cc65)c5ccccc45)n3)cc21. The lowest BCUT2D eigenvalue weighted by molar-refractivity contribution is 0.660. The summed E-state index contributed by atoms with van der Waals surface area (Å²) in [6.07, 6.45) is 0. The van der Waals surface area contributed by atoms with Gasteiger partial charge in [0.15, 0.2) is 5.82 Å². The quantitative estimate of drug-likeness (QED) is 0.184. The Balaban J connectivity index is 1.13. The van der Waals surface area contributed by atoms with Crippen LogP contribution in [0.5, 0.6) is 0 Å². The molecule has 1 aliphatic rings. The Kier molecular flexibility index (Phi) is 6.60. The Morgan fingerprint density at radius 1 is 0.407 bits per heavy atom. The lowest BCUT2D eigenvalue weighted by Crippen LogP contribution is -2.14. The van der Waals surface area contributed by atoms with Gasteiger partial charge >= 0.3 is 0 Å². The van der Waals surface area contributed by atoms with E-state index in [2.05, 4.69) is 194 Å². The monoisotopic (exact) mass is 689 g/mol. The van der Waals surface area contributed by atoms with Gasteiger partial charge in [-0.05, 0) is 80.9 Å². The van der Waals surface area contributed by atoms with Crippen molar-refractivity contribution < 1.29 is 0 Å². The molecule has 2 aromatic heterocycles. The second kappa shape index (κ2) is 11.6. The predicted molar refractivity (Wildman–Crippen MR) is 225 cm³/mol.